The summed E-state index contributed by atoms with van der Waals surface area (Å²) in [6.07, 6.45) is 17.7. The van der Waals surface area contributed by atoms with Crippen molar-refractivity contribution < 1.29 is 0 Å². The molecule has 0 rings (SSSR count). The van der Waals surface area contributed by atoms with Crippen molar-refractivity contribution in [2.24, 2.45) is 11.8 Å². The fraction of sp³-hybridized carbons (Fsp3) is 0.889. The van der Waals surface area contributed by atoms with E-state index in [1.54, 1.807) is 0 Å². The first-order valence-corrected chi connectivity index (χ1v) is 8.33. The van der Waals surface area contributed by atoms with E-state index < -0.39 is 0 Å². The van der Waals surface area contributed by atoms with Crippen LogP contribution in [-0.4, -0.2) is 0 Å². The molecule has 0 nitrogen and oxygen atoms in total. The van der Waals surface area contributed by atoms with E-state index >= 15 is 0 Å². The molecule has 0 bridgehead atoms. The Morgan fingerprint density at radius 1 is 0.778 bits per heavy atom. The van der Waals surface area contributed by atoms with Crippen molar-refractivity contribution in [3.63, 3.8) is 0 Å². The van der Waals surface area contributed by atoms with Crippen LogP contribution in [0.15, 0.2) is 12.7 Å². The largest absolute Gasteiger partial charge is 0.103 e. The third-order valence-corrected chi connectivity index (χ3v) is 4.07. The van der Waals surface area contributed by atoms with Crippen LogP contribution in [0.3, 0.4) is 0 Å². The highest BCUT2D eigenvalue weighted by Crippen LogP contribution is 2.19. The molecule has 0 amide bonds. The quantitative estimate of drug-likeness (QED) is 0.251. The lowest BCUT2D eigenvalue weighted by atomic mass is 9.93. The Balaban J connectivity index is 3.19. The van der Waals surface area contributed by atoms with E-state index in [2.05, 4.69) is 33.4 Å². The van der Waals surface area contributed by atoms with Crippen LogP contribution >= 0.6 is 0 Å². The Morgan fingerprint density at radius 3 is 1.89 bits per heavy atom. The van der Waals surface area contributed by atoms with Crippen LogP contribution in [0, 0.1) is 11.8 Å². The third kappa shape index (κ3) is 12.2. The Hall–Kier alpha value is -0.260. The van der Waals surface area contributed by atoms with E-state index in [-0.39, 0.29) is 0 Å². The first kappa shape index (κ1) is 17.7. The predicted molar refractivity (Wildman–Crippen MR) is 85.0 cm³/mol. The molecule has 0 heteroatoms. The minimum absolute atomic E-state index is 0.700. The molecule has 0 aromatic carbocycles. The molecular formula is C18H36. The third-order valence-electron chi connectivity index (χ3n) is 4.07. The fourth-order valence-corrected chi connectivity index (χ4v) is 2.44. The van der Waals surface area contributed by atoms with Gasteiger partial charge in [0, 0.05) is 0 Å². The molecular weight excluding hydrogens is 216 g/mol. The molecule has 0 radical (unpaired) electrons. The van der Waals surface area contributed by atoms with Crippen molar-refractivity contribution in [1.82, 2.24) is 0 Å². The predicted octanol–water partition coefficient (Wildman–Crippen LogP) is 6.76. The van der Waals surface area contributed by atoms with Crippen LogP contribution in [-0.2, 0) is 0 Å². The van der Waals surface area contributed by atoms with Gasteiger partial charge in [0.1, 0.15) is 0 Å². The van der Waals surface area contributed by atoms with Crippen molar-refractivity contribution in [1.29, 1.82) is 0 Å². The smallest absolute Gasteiger partial charge is 0.0265 e. The van der Waals surface area contributed by atoms with Crippen LogP contribution in [0.1, 0.15) is 91.4 Å². The Morgan fingerprint density at radius 2 is 1.33 bits per heavy atom. The van der Waals surface area contributed by atoms with Gasteiger partial charge in [-0.15, -0.1) is 6.58 Å². The number of allylic oxidation sites excluding steroid dienone is 1. The number of unbranched alkanes of at least 4 members (excludes halogenated alkanes) is 7. The maximum atomic E-state index is 3.86. The van der Waals surface area contributed by atoms with Gasteiger partial charge in [0.25, 0.3) is 0 Å². The summed E-state index contributed by atoms with van der Waals surface area (Å²) in [5.74, 6) is 1.61. The van der Waals surface area contributed by atoms with Crippen molar-refractivity contribution >= 4 is 0 Å². The highest BCUT2D eigenvalue weighted by atomic mass is 14.1. The first-order valence-electron chi connectivity index (χ1n) is 8.33. The molecule has 0 saturated heterocycles. The summed E-state index contributed by atoms with van der Waals surface area (Å²) < 4.78 is 0. The van der Waals surface area contributed by atoms with Crippen LogP contribution in [0.2, 0.25) is 0 Å². The molecule has 2 unspecified atom stereocenters. The second kappa shape index (κ2) is 13.2. The summed E-state index contributed by atoms with van der Waals surface area (Å²) >= 11 is 0. The van der Waals surface area contributed by atoms with Crippen LogP contribution in [0.4, 0.5) is 0 Å². The summed E-state index contributed by atoms with van der Waals surface area (Å²) in [4.78, 5) is 0. The van der Waals surface area contributed by atoms with E-state index in [1.165, 1.54) is 70.6 Å². The topological polar surface area (TPSA) is 0 Å². The number of hydrogen-bond acceptors (Lipinski definition) is 0. The molecule has 0 aromatic heterocycles. The summed E-state index contributed by atoms with van der Waals surface area (Å²) in [6.45, 7) is 10.8. The highest BCUT2D eigenvalue weighted by Gasteiger charge is 2.04. The monoisotopic (exact) mass is 252 g/mol. The van der Waals surface area contributed by atoms with Crippen molar-refractivity contribution in [2.45, 2.75) is 91.4 Å². The minimum atomic E-state index is 0.700. The SMILES string of the molecule is C=CC(C)CCC(C)CCCCCCCCCC. The molecule has 2 atom stereocenters. The van der Waals surface area contributed by atoms with E-state index in [9.17, 15) is 0 Å². The summed E-state index contributed by atoms with van der Waals surface area (Å²) in [7, 11) is 0. The normalized spacial score (nSPS) is 14.4. The molecule has 0 aliphatic heterocycles. The molecule has 108 valence electrons. The van der Waals surface area contributed by atoms with Gasteiger partial charge in [-0.05, 0) is 18.3 Å². The Labute approximate surface area is 116 Å². The van der Waals surface area contributed by atoms with Crippen molar-refractivity contribution in [3.8, 4) is 0 Å². The van der Waals surface area contributed by atoms with Crippen molar-refractivity contribution in [3.05, 3.63) is 12.7 Å². The van der Waals surface area contributed by atoms with Crippen LogP contribution in [0.5, 0.6) is 0 Å². The fourth-order valence-electron chi connectivity index (χ4n) is 2.44. The molecule has 0 aromatic rings. The van der Waals surface area contributed by atoms with Crippen LogP contribution < -0.4 is 0 Å². The van der Waals surface area contributed by atoms with Gasteiger partial charge in [0.05, 0.1) is 0 Å². The molecule has 0 N–H and O–H groups in total. The zero-order valence-electron chi connectivity index (χ0n) is 13.2. The maximum Gasteiger partial charge on any atom is -0.0265 e. The van der Waals surface area contributed by atoms with Crippen molar-refractivity contribution in [2.75, 3.05) is 0 Å². The molecule has 0 fully saturated rings. The van der Waals surface area contributed by atoms with Gasteiger partial charge in [0.2, 0.25) is 0 Å². The lowest BCUT2D eigenvalue weighted by Crippen LogP contribution is -1.98. The van der Waals surface area contributed by atoms with E-state index in [1.807, 2.05) is 0 Å². The van der Waals surface area contributed by atoms with Gasteiger partial charge in [-0.3, -0.25) is 0 Å². The maximum absolute atomic E-state index is 3.86. The van der Waals surface area contributed by atoms with E-state index in [0.717, 1.165) is 5.92 Å². The summed E-state index contributed by atoms with van der Waals surface area (Å²) in [5, 5.41) is 0. The Kier molecular flexibility index (Phi) is 13.0. The molecule has 0 aliphatic rings. The Bertz CT molecular complexity index is 171. The zero-order chi connectivity index (χ0) is 13.6. The first-order chi connectivity index (χ1) is 8.70. The van der Waals surface area contributed by atoms with E-state index in [4.69, 9.17) is 0 Å². The second-order valence-electron chi connectivity index (χ2n) is 6.16. The lowest BCUT2D eigenvalue weighted by Gasteiger charge is -2.13. The second-order valence-corrected chi connectivity index (χ2v) is 6.16. The van der Waals surface area contributed by atoms with Crippen LogP contribution in [0.25, 0.3) is 0 Å². The number of hydrogen-bond donors (Lipinski definition) is 0. The molecule has 0 saturated carbocycles. The van der Waals surface area contributed by atoms with Gasteiger partial charge in [0.15, 0.2) is 0 Å². The molecule has 0 heterocycles. The summed E-state index contributed by atoms with van der Waals surface area (Å²) in [6, 6.07) is 0. The number of rotatable bonds is 13. The average molecular weight is 252 g/mol. The zero-order valence-corrected chi connectivity index (χ0v) is 13.2. The standard InChI is InChI=1S/C18H36/c1-5-7-8-9-10-11-12-13-14-18(4)16-15-17(3)6-2/h6,17-18H,2,5,7-16H2,1,3-4H3. The summed E-state index contributed by atoms with van der Waals surface area (Å²) in [5.41, 5.74) is 0. The van der Waals surface area contributed by atoms with Gasteiger partial charge >= 0.3 is 0 Å². The lowest BCUT2D eigenvalue weighted by molar-refractivity contribution is 0.422. The molecule has 0 aliphatic carbocycles. The van der Waals surface area contributed by atoms with E-state index in [0.29, 0.717) is 5.92 Å². The minimum Gasteiger partial charge on any atom is -0.103 e. The molecule has 18 heavy (non-hydrogen) atoms. The molecule has 0 spiro atoms. The van der Waals surface area contributed by atoms with Gasteiger partial charge in [-0.2, -0.15) is 0 Å². The van der Waals surface area contributed by atoms with Gasteiger partial charge < -0.3 is 0 Å². The average Bonchev–Trinajstić information content (AvgIpc) is 2.39. The highest BCUT2D eigenvalue weighted by molar-refractivity contribution is 4.75. The van der Waals surface area contributed by atoms with Gasteiger partial charge in [-0.1, -0.05) is 91.1 Å². The van der Waals surface area contributed by atoms with Gasteiger partial charge in [-0.25, -0.2) is 0 Å².